The summed E-state index contributed by atoms with van der Waals surface area (Å²) in [6.07, 6.45) is 0.609. The molecule has 1 unspecified atom stereocenters. The second-order valence-corrected chi connectivity index (χ2v) is 5.86. The Kier molecular flexibility index (Phi) is 5.63. The molecule has 0 saturated heterocycles. The molecule has 0 spiro atoms. The highest BCUT2D eigenvalue weighted by Crippen LogP contribution is 2.20. The van der Waals surface area contributed by atoms with Gasteiger partial charge in [-0.1, -0.05) is 35.1 Å². The van der Waals surface area contributed by atoms with Crippen molar-refractivity contribution in [3.05, 3.63) is 39.9 Å². The Balaban J connectivity index is 1.97. The number of methoxy groups -OCH3 is 1. The van der Waals surface area contributed by atoms with Crippen LogP contribution in [0, 0.1) is 0 Å². The minimum absolute atomic E-state index is 0.153. The van der Waals surface area contributed by atoms with E-state index in [1.165, 1.54) is 18.4 Å². The van der Waals surface area contributed by atoms with E-state index in [9.17, 15) is 4.79 Å². The van der Waals surface area contributed by atoms with Crippen LogP contribution in [0.25, 0.3) is 0 Å². The number of aromatic nitrogens is 2. The standard InChI is InChI=1S/C13H15ClN4O2S/c1-20-7-10(15)12(19)16-13-18-17-11(21-13)6-8-3-2-4-9(14)5-8/h2-5,10H,6-7,15H2,1H3,(H,16,18,19). The van der Waals surface area contributed by atoms with Crippen LogP contribution in [-0.2, 0) is 16.0 Å². The van der Waals surface area contributed by atoms with Gasteiger partial charge in [-0.2, -0.15) is 0 Å². The second-order valence-electron chi connectivity index (χ2n) is 4.36. The van der Waals surface area contributed by atoms with Crippen LogP contribution in [0.5, 0.6) is 0 Å². The Hall–Kier alpha value is -1.54. The lowest BCUT2D eigenvalue weighted by Crippen LogP contribution is -2.39. The number of ether oxygens (including phenoxy) is 1. The van der Waals surface area contributed by atoms with Crippen LogP contribution in [0.2, 0.25) is 5.02 Å². The van der Waals surface area contributed by atoms with Crippen molar-refractivity contribution in [3.8, 4) is 0 Å². The van der Waals surface area contributed by atoms with Gasteiger partial charge in [-0.25, -0.2) is 0 Å². The van der Waals surface area contributed by atoms with E-state index in [1.807, 2.05) is 24.3 Å². The van der Waals surface area contributed by atoms with Gasteiger partial charge in [-0.3, -0.25) is 10.1 Å². The summed E-state index contributed by atoms with van der Waals surface area (Å²) in [7, 11) is 1.49. The van der Waals surface area contributed by atoms with Gasteiger partial charge in [0.15, 0.2) is 0 Å². The zero-order valence-corrected chi connectivity index (χ0v) is 12.9. The molecule has 1 aromatic carbocycles. The van der Waals surface area contributed by atoms with E-state index < -0.39 is 6.04 Å². The number of nitrogens with two attached hydrogens (primary N) is 1. The molecule has 0 aliphatic rings. The molecule has 1 atom stereocenters. The molecule has 6 nitrogen and oxygen atoms in total. The molecule has 2 aromatic rings. The average Bonchev–Trinajstić information content (AvgIpc) is 2.86. The number of halogens is 1. The highest BCUT2D eigenvalue weighted by molar-refractivity contribution is 7.15. The molecule has 3 N–H and O–H groups in total. The smallest absolute Gasteiger partial charge is 0.245 e. The maximum Gasteiger partial charge on any atom is 0.245 e. The fraction of sp³-hybridized carbons (Fsp3) is 0.308. The van der Waals surface area contributed by atoms with Gasteiger partial charge in [0.25, 0.3) is 0 Å². The molecule has 2 rings (SSSR count). The van der Waals surface area contributed by atoms with Gasteiger partial charge >= 0.3 is 0 Å². The lowest BCUT2D eigenvalue weighted by Gasteiger charge is -2.08. The number of carbonyl (C=O) groups excluding carboxylic acids is 1. The average molecular weight is 327 g/mol. The van der Waals surface area contributed by atoms with Crippen molar-refractivity contribution >= 4 is 34.0 Å². The van der Waals surface area contributed by atoms with Gasteiger partial charge in [0.05, 0.1) is 6.61 Å². The number of benzene rings is 1. The molecule has 0 bridgehead atoms. The van der Waals surface area contributed by atoms with Crippen LogP contribution < -0.4 is 11.1 Å². The first-order chi connectivity index (χ1) is 10.1. The molecular formula is C13H15ClN4O2S. The first-order valence-electron chi connectivity index (χ1n) is 6.20. The summed E-state index contributed by atoms with van der Waals surface area (Å²) < 4.78 is 4.83. The van der Waals surface area contributed by atoms with E-state index in [4.69, 9.17) is 22.1 Å². The molecule has 0 fully saturated rings. The first kappa shape index (κ1) is 15.8. The SMILES string of the molecule is COCC(N)C(=O)Nc1nnc(Cc2cccc(Cl)c2)s1. The van der Waals surface area contributed by atoms with Crippen molar-refractivity contribution < 1.29 is 9.53 Å². The highest BCUT2D eigenvalue weighted by Gasteiger charge is 2.15. The summed E-state index contributed by atoms with van der Waals surface area (Å²) in [6.45, 7) is 0.153. The fourth-order valence-corrected chi connectivity index (χ4v) is 2.64. The van der Waals surface area contributed by atoms with Gasteiger partial charge in [-0.15, -0.1) is 10.2 Å². The van der Waals surface area contributed by atoms with Crippen molar-refractivity contribution in [2.24, 2.45) is 5.73 Å². The van der Waals surface area contributed by atoms with Crippen LogP contribution in [0.15, 0.2) is 24.3 Å². The van der Waals surface area contributed by atoms with E-state index in [2.05, 4.69) is 15.5 Å². The number of hydrogen-bond donors (Lipinski definition) is 2. The Bertz CT molecular complexity index is 620. The Morgan fingerprint density at radius 1 is 1.52 bits per heavy atom. The second kappa shape index (κ2) is 7.46. The third-order valence-corrected chi connectivity index (χ3v) is 3.70. The minimum Gasteiger partial charge on any atom is -0.383 e. The molecular weight excluding hydrogens is 312 g/mol. The highest BCUT2D eigenvalue weighted by atomic mass is 35.5. The third-order valence-electron chi connectivity index (χ3n) is 2.62. The summed E-state index contributed by atoms with van der Waals surface area (Å²) in [4.78, 5) is 11.7. The quantitative estimate of drug-likeness (QED) is 0.843. The molecule has 0 aliphatic heterocycles. The maximum atomic E-state index is 11.7. The maximum absolute atomic E-state index is 11.7. The number of nitrogens with one attached hydrogen (secondary N) is 1. The normalized spacial score (nSPS) is 12.1. The summed E-state index contributed by atoms with van der Waals surface area (Å²) >= 11 is 7.24. The predicted molar refractivity (Wildman–Crippen MR) is 82.6 cm³/mol. The molecule has 0 radical (unpaired) electrons. The number of rotatable bonds is 6. The van der Waals surface area contributed by atoms with Crippen LogP contribution in [0.3, 0.4) is 0 Å². The van der Waals surface area contributed by atoms with Crippen molar-refractivity contribution in [1.82, 2.24) is 10.2 Å². The zero-order chi connectivity index (χ0) is 15.2. The van der Waals surface area contributed by atoms with Crippen molar-refractivity contribution in [2.75, 3.05) is 19.0 Å². The van der Waals surface area contributed by atoms with Gasteiger partial charge in [0.1, 0.15) is 11.0 Å². The van der Waals surface area contributed by atoms with E-state index >= 15 is 0 Å². The Labute approximate surface area is 131 Å². The molecule has 1 amide bonds. The third kappa shape index (κ3) is 4.75. The van der Waals surface area contributed by atoms with Crippen molar-refractivity contribution in [3.63, 3.8) is 0 Å². The number of amides is 1. The fourth-order valence-electron chi connectivity index (χ4n) is 1.65. The zero-order valence-electron chi connectivity index (χ0n) is 11.4. The number of anilines is 1. The number of hydrogen-bond acceptors (Lipinski definition) is 6. The molecule has 0 aliphatic carbocycles. The molecule has 1 aromatic heterocycles. The van der Waals surface area contributed by atoms with E-state index in [0.717, 1.165) is 10.6 Å². The largest absolute Gasteiger partial charge is 0.383 e. The monoisotopic (exact) mass is 326 g/mol. The van der Waals surface area contributed by atoms with Crippen LogP contribution in [0.4, 0.5) is 5.13 Å². The number of nitrogens with zero attached hydrogens (tertiary/aromatic N) is 2. The van der Waals surface area contributed by atoms with E-state index in [1.54, 1.807) is 0 Å². The summed E-state index contributed by atoms with van der Waals surface area (Å²) in [6, 6.07) is 6.80. The molecule has 112 valence electrons. The molecule has 0 saturated carbocycles. The first-order valence-corrected chi connectivity index (χ1v) is 7.40. The van der Waals surface area contributed by atoms with Gasteiger partial charge in [-0.05, 0) is 17.7 Å². The number of carbonyl (C=O) groups is 1. The van der Waals surface area contributed by atoms with E-state index in [0.29, 0.717) is 16.6 Å². The summed E-state index contributed by atoms with van der Waals surface area (Å²) in [5.41, 5.74) is 6.66. The molecule has 8 heteroatoms. The van der Waals surface area contributed by atoms with Crippen molar-refractivity contribution in [1.29, 1.82) is 0 Å². The van der Waals surface area contributed by atoms with Crippen LogP contribution in [0.1, 0.15) is 10.6 Å². The Morgan fingerprint density at radius 3 is 3.05 bits per heavy atom. The summed E-state index contributed by atoms with van der Waals surface area (Å²) in [5, 5.41) is 12.5. The van der Waals surface area contributed by atoms with E-state index in [-0.39, 0.29) is 12.5 Å². The molecule has 21 heavy (non-hydrogen) atoms. The Morgan fingerprint density at radius 2 is 2.33 bits per heavy atom. The van der Waals surface area contributed by atoms with Crippen LogP contribution >= 0.6 is 22.9 Å². The van der Waals surface area contributed by atoms with Gasteiger partial charge < -0.3 is 10.5 Å². The van der Waals surface area contributed by atoms with Crippen molar-refractivity contribution in [2.45, 2.75) is 12.5 Å². The molecule has 1 heterocycles. The lowest BCUT2D eigenvalue weighted by atomic mass is 10.2. The minimum atomic E-state index is -0.727. The summed E-state index contributed by atoms with van der Waals surface area (Å²) in [5.74, 6) is -0.345. The lowest BCUT2D eigenvalue weighted by molar-refractivity contribution is -0.118. The van der Waals surface area contributed by atoms with Gasteiger partial charge in [0, 0.05) is 18.6 Å². The van der Waals surface area contributed by atoms with Crippen LogP contribution in [-0.4, -0.2) is 35.9 Å². The predicted octanol–water partition coefficient (Wildman–Crippen LogP) is 1.69. The van der Waals surface area contributed by atoms with Gasteiger partial charge in [0.2, 0.25) is 11.0 Å². The topological polar surface area (TPSA) is 90.1 Å².